The molecule has 0 radical (unpaired) electrons. The van der Waals surface area contributed by atoms with Crippen molar-refractivity contribution in [3.63, 3.8) is 0 Å². The van der Waals surface area contributed by atoms with Crippen LogP contribution in [0.4, 0.5) is 16.2 Å². The maximum Gasteiger partial charge on any atom is 0.321 e. The number of aromatic nitrogens is 1. The fraction of sp³-hybridized carbons (Fsp3) is 0.400. The van der Waals surface area contributed by atoms with Crippen LogP contribution in [-0.2, 0) is 10.0 Å². The minimum atomic E-state index is -3.33. The van der Waals surface area contributed by atoms with E-state index in [1.165, 1.54) is 13.2 Å². The number of anilines is 2. The van der Waals surface area contributed by atoms with E-state index < -0.39 is 10.0 Å². The van der Waals surface area contributed by atoms with Crippen molar-refractivity contribution in [2.75, 3.05) is 36.0 Å². The average Bonchev–Trinajstić information content (AvgIpc) is 2.68. The third-order valence-electron chi connectivity index (χ3n) is 4.87. The maximum atomic E-state index is 12.4. The summed E-state index contributed by atoms with van der Waals surface area (Å²) in [6, 6.07) is 10.9. The highest BCUT2D eigenvalue weighted by atomic mass is 32.2. The smallest absolute Gasteiger partial charge is 0.321 e. The first kappa shape index (κ1) is 20.9. The van der Waals surface area contributed by atoms with Gasteiger partial charge in [0.05, 0.1) is 18.1 Å². The first-order valence-corrected chi connectivity index (χ1v) is 11.3. The van der Waals surface area contributed by atoms with Gasteiger partial charge >= 0.3 is 6.03 Å². The van der Waals surface area contributed by atoms with Gasteiger partial charge in [0.1, 0.15) is 6.10 Å². The molecule has 0 spiro atoms. The molecule has 8 nitrogen and oxygen atoms in total. The maximum absolute atomic E-state index is 12.4. The van der Waals surface area contributed by atoms with E-state index in [1.54, 1.807) is 17.0 Å². The van der Waals surface area contributed by atoms with Crippen molar-refractivity contribution in [2.24, 2.45) is 0 Å². The van der Waals surface area contributed by atoms with Crippen molar-refractivity contribution in [3.8, 4) is 5.88 Å². The SMILES string of the molecule is Cc1cccc(NC(=O)N2CCC(Oc3ccc(N(C)S(C)(=O)=O)cn3)CC2)c1. The lowest BCUT2D eigenvalue weighted by Gasteiger charge is -2.32. The predicted octanol–water partition coefficient (Wildman–Crippen LogP) is 2.86. The molecule has 3 rings (SSSR count). The zero-order chi connectivity index (χ0) is 21.0. The van der Waals surface area contributed by atoms with Crippen molar-refractivity contribution in [2.45, 2.75) is 25.9 Å². The van der Waals surface area contributed by atoms with E-state index >= 15 is 0 Å². The first-order chi connectivity index (χ1) is 13.7. The van der Waals surface area contributed by atoms with E-state index in [1.807, 2.05) is 31.2 Å². The summed E-state index contributed by atoms with van der Waals surface area (Å²) in [5.41, 5.74) is 2.36. The van der Waals surface area contributed by atoms with Crippen LogP contribution in [0.15, 0.2) is 42.6 Å². The van der Waals surface area contributed by atoms with E-state index in [4.69, 9.17) is 4.74 Å². The molecule has 1 aromatic carbocycles. The highest BCUT2D eigenvalue weighted by Gasteiger charge is 2.24. The van der Waals surface area contributed by atoms with Crippen molar-refractivity contribution < 1.29 is 17.9 Å². The van der Waals surface area contributed by atoms with E-state index in [0.29, 0.717) is 37.5 Å². The second-order valence-corrected chi connectivity index (χ2v) is 9.20. The summed E-state index contributed by atoms with van der Waals surface area (Å²) in [5.74, 6) is 0.443. The Balaban J connectivity index is 1.50. The molecule has 2 amide bonds. The van der Waals surface area contributed by atoms with Crippen LogP contribution < -0.4 is 14.4 Å². The summed E-state index contributed by atoms with van der Waals surface area (Å²) in [6.07, 6.45) is 3.98. The monoisotopic (exact) mass is 418 g/mol. The van der Waals surface area contributed by atoms with Crippen molar-refractivity contribution in [1.82, 2.24) is 9.88 Å². The summed E-state index contributed by atoms with van der Waals surface area (Å²) in [6.45, 7) is 3.17. The second kappa shape index (κ2) is 8.69. The van der Waals surface area contributed by atoms with Crippen LogP contribution >= 0.6 is 0 Å². The Kier molecular flexibility index (Phi) is 6.26. The molecule has 1 saturated heterocycles. The Hall–Kier alpha value is -2.81. The summed E-state index contributed by atoms with van der Waals surface area (Å²) in [7, 11) is -1.85. The normalized spacial score (nSPS) is 15.1. The highest BCUT2D eigenvalue weighted by Crippen LogP contribution is 2.21. The van der Waals surface area contributed by atoms with Crippen LogP contribution in [0.1, 0.15) is 18.4 Å². The Morgan fingerprint density at radius 3 is 2.55 bits per heavy atom. The molecule has 1 aromatic heterocycles. The van der Waals surface area contributed by atoms with E-state index in [2.05, 4.69) is 10.3 Å². The number of nitrogens with zero attached hydrogens (tertiary/aromatic N) is 3. The Morgan fingerprint density at radius 2 is 1.97 bits per heavy atom. The molecular weight excluding hydrogens is 392 g/mol. The van der Waals surface area contributed by atoms with Gasteiger partial charge in [-0.05, 0) is 30.7 Å². The third kappa shape index (κ3) is 5.60. The van der Waals surface area contributed by atoms with Gasteiger partial charge in [0, 0.05) is 44.7 Å². The first-order valence-electron chi connectivity index (χ1n) is 9.41. The quantitative estimate of drug-likeness (QED) is 0.806. The molecule has 1 N–H and O–H groups in total. The number of piperidine rings is 1. The number of nitrogens with one attached hydrogen (secondary N) is 1. The molecule has 1 aliphatic rings. The van der Waals surface area contributed by atoms with Gasteiger partial charge in [0.15, 0.2) is 0 Å². The van der Waals surface area contributed by atoms with Gasteiger partial charge in [-0.25, -0.2) is 18.2 Å². The number of amides is 2. The van der Waals surface area contributed by atoms with Gasteiger partial charge in [0.25, 0.3) is 0 Å². The Morgan fingerprint density at radius 1 is 1.24 bits per heavy atom. The number of benzene rings is 1. The molecule has 0 bridgehead atoms. The topological polar surface area (TPSA) is 91.8 Å². The molecule has 156 valence electrons. The average molecular weight is 419 g/mol. The number of aryl methyl sites for hydroxylation is 1. The molecule has 0 aliphatic carbocycles. The standard InChI is InChI=1S/C20H26N4O4S/c1-15-5-4-6-16(13-15)22-20(25)24-11-9-18(10-12-24)28-19-8-7-17(14-21-19)23(2)29(3,26)27/h4-8,13-14,18H,9-12H2,1-3H3,(H,22,25). The molecular formula is C20H26N4O4S. The number of carbonyl (C=O) groups excluding carboxylic acids is 1. The van der Waals surface area contributed by atoms with Crippen LogP contribution in [0.2, 0.25) is 0 Å². The minimum Gasteiger partial charge on any atom is -0.474 e. The number of rotatable bonds is 5. The zero-order valence-corrected chi connectivity index (χ0v) is 17.6. The molecule has 2 aromatic rings. The summed E-state index contributed by atoms with van der Waals surface area (Å²) < 4.78 is 30.2. The number of urea groups is 1. The van der Waals surface area contributed by atoms with Crippen LogP contribution in [0.5, 0.6) is 5.88 Å². The summed E-state index contributed by atoms with van der Waals surface area (Å²) >= 11 is 0. The number of hydrogen-bond acceptors (Lipinski definition) is 5. The Bertz CT molecular complexity index is 955. The van der Waals surface area contributed by atoms with Crippen LogP contribution in [0.3, 0.4) is 0 Å². The summed E-state index contributed by atoms with van der Waals surface area (Å²) in [4.78, 5) is 18.4. The zero-order valence-electron chi connectivity index (χ0n) is 16.8. The number of likely N-dealkylation sites (tertiary alicyclic amines) is 1. The van der Waals surface area contributed by atoms with Crippen LogP contribution in [0, 0.1) is 6.92 Å². The highest BCUT2D eigenvalue weighted by molar-refractivity contribution is 7.92. The minimum absolute atomic E-state index is 0.0380. The largest absolute Gasteiger partial charge is 0.474 e. The van der Waals surface area contributed by atoms with E-state index in [-0.39, 0.29) is 12.1 Å². The predicted molar refractivity (Wildman–Crippen MR) is 113 cm³/mol. The van der Waals surface area contributed by atoms with Gasteiger partial charge in [-0.1, -0.05) is 12.1 Å². The number of hydrogen-bond donors (Lipinski definition) is 1. The molecule has 29 heavy (non-hydrogen) atoms. The number of pyridine rings is 1. The second-order valence-electron chi connectivity index (χ2n) is 7.19. The van der Waals surface area contributed by atoms with Gasteiger partial charge in [-0.2, -0.15) is 0 Å². The molecule has 9 heteroatoms. The van der Waals surface area contributed by atoms with Crippen molar-refractivity contribution in [3.05, 3.63) is 48.2 Å². The van der Waals surface area contributed by atoms with Gasteiger partial charge < -0.3 is 15.0 Å². The van der Waals surface area contributed by atoms with Gasteiger partial charge in [0.2, 0.25) is 15.9 Å². The molecule has 1 aliphatic heterocycles. The molecule has 0 saturated carbocycles. The molecule has 1 fully saturated rings. The lowest BCUT2D eigenvalue weighted by Crippen LogP contribution is -2.43. The fourth-order valence-corrected chi connectivity index (χ4v) is 3.58. The number of sulfonamides is 1. The number of ether oxygens (including phenoxy) is 1. The molecule has 0 unspecified atom stereocenters. The molecule has 2 heterocycles. The van der Waals surface area contributed by atoms with Gasteiger partial charge in [-0.3, -0.25) is 4.31 Å². The van der Waals surface area contributed by atoms with Crippen molar-refractivity contribution in [1.29, 1.82) is 0 Å². The van der Waals surface area contributed by atoms with Crippen LogP contribution in [0.25, 0.3) is 0 Å². The van der Waals surface area contributed by atoms with Crippen molar-refractivity contribution >= 4 is 27.4 Å². The third-order valence-corrected chi connectivity index (χ3v) is 6.07. The van der Waals surface area contributed by atoms with E-state index in [9.17, 15) is 13.2 Å². The van der Waals surface area contributed by atoms with Gasteiger partial charge in [-0.15, -0.1) is 0 Å². The Labute approximate surface area is 171 Å². The number of carbonyl (C=O) groups is 1. The lowest BCUT2D eigenvalue weighted by molar-refractivity contribution is 0.111. The van der Waals surface area contributed by atoms with E-state index in [0.717, 1.165) is 21.8 Å². The summed E-state index contributed by atoms with van der Waals surface area (Å²) in [5, 5.41) is 2.93. The van der Waals surface area contributed by atoms with Crippen LogP contribution in [-0.4, -0.2) is 56.8 Å². The lowest BCUT2D eigenvalue weighted by atomic mass is 10.1. The molecule has 0 atom stereocenters. The fourth-order valence-electron chi connectivity index (χ4n) is 3.09.